The first kappa shape index (κ1) is 13.9. The summed E-state index contributed by atoms with van der Waals surface area (Å²) in [6, 6.07) is 1.47. The quantitative estimate of drug-likeness (QED) is 0.650. The number of nitrogens with zero attached hydrogens (tertiary/aromatic N) is 1. The Morgan fingerprint density at radius 3 is 2.38 bits per heavy atom. The van der Waals surface area contributed by atoms with Gasteiger partial charge in [-0.2, -0.15) is 0 Å². The van der Waals surface area contributed by atoms with E-state index in [2.05, 4.69) is 24.1 Å². The predicted molar refractivity (Wildman–Crippen MR) is 68.7 cm³/mol. The van der Waals surface area contributed by atoms with Gasteiger partial charge in [-0.3, -0.25) is 0 Å². The number of aliphatic hydroxyl groups excluding tert-OH is 1. The van der Waals surface area contributed by atoms with Crippen LogP contribution < -0.4 is 5.32 Å². The average Bonchev–Trinajstić information content (AvgIpc) is 2.33. The van der Waals surface area contributed by atoms with Gasteiger partial charge in [0, 0.05) is 18.7 Å². The molecule has 0 aromatic rings. The number of nitrogens with one attached hydrogen (secondary N) is 1. The summed E-state index contributed by atoms with van der Waals surface area (Å²) in [6.45, 7) is 8.33. The zero-order valence-corrected chi connectivity index (χ0v) is 10.9. The van der Waals surface area contributed by atoms with Crippen molar-refractivity contribution in [3.05, 3.63) is 0 Å². The van der Waals surface area contributed by atoms with Crippen molar-refractivity contribution in [2.75, 3.05) is 26.2 Å². The minimum atomic E-state index is 0.305. The number of hydrogen-bond donors (Lipinski definition) is 2. The van der Waals surface area contributed by atoms with E-state index in [1.807, 2.05) is 0 Å². The van der Waals surface area contributed by atoms with Gasteiger partial charge in [-0.25, -0.2) is 0 Å². The highest BCUT2D eigenvalue weighted by atomic mass is 16.3. The summed E-state index contributed by atoms with van der Waals surface area (Å²) < 4.78 is 0. The molecule has 3 nitrogen and oxygen atoms in total. The molecule has 0 bridgehead atoms. The van der Waals surface area contributed by atoms with Crippen LogP contribution in [0.15, 0.2) is 0 Å². The maximum absolute atomic E-state index is 8.73. The smallest absolute Gasteiger partial charge is 0.0443 e. The largest absolute Gasteiger partial charge is 0.396 e. The Morgan fingerprint density at radius 1 is 1.25 bits per heavy atom. The standard InChI is InChI=1S/C13H28N2O/c1-3-13(4-2)15-9-6-12(7-10-15)14-8-5-11-16/h12-14,16H,3-11H2,1-2H3. The average molecular weight is 228 g/mol. The zero-order valence-electron chi connectivity index (χ0n) is 10.9. The number of rotatable bonds is 7. The molecule has 0 amide bonds. The van der Waals surface area contributed by atoms with Gasteiger partial charge in [0.2, 0.25) is 0 Å². The Balaban J connectivity index is 2.17. The molecule has 1 saturated heterocycles. The molecule has 1 fully saturated rings. The fourth-order valence-corrected chi connectivity index (χ4v) is 2.66. The van der Waals surface area contributed by atoms with Gasteiger partial charge in [-0.05, 0) is 51.7 Å². The fraction of sp³-hybridized carbons (Fsp3) is 1.00. The molecule has 0 unspecified atom stereocenters. The second-order valence-corrected chi connectivity index (χ2v) is 4.81. The van der Waals surface area contributed by atoms with E-state index < -0.39 is 0 Å². The first-order chi connectivity index (χ1) is 7.81. The lowest BCUT2D eigenvalue weighted by Crippen LogP contribution is -2.46. The van der Waals surface area contributed by atoms with Crippen molar-refractivity contribution in [3.63, 3.8) is 0 Å². The summed E-state index contributed by atoms with van der Waals surface area (Å²) in [4.78, 5) is 2.64. The van der Waals surface area contributed by atoms with E-state index >= 15 is 0 Å². The Labute approximate surface area is 100 Å². The number of aliphatic hydroxyl groups is 1. The minimum absolute atomic E-state index is 0.305. The Morgan fingerprint density at radius 2 is 1.88 bits per heavy atom. The molecule has 0 aromatic heterocycles. The van der Waals surface area contributed by atoms with E-state index in [1.54, 1.807) is 0 Å². The number of piperidine rings is 1. The molecular formula is C13H28N2O. The van der Waals surface area contributed by atoms with Crippen molar-refractivity contribution in [1.29, 1.82) is 0 Å². The molecule has 3 heteroatoms. The van der Waals surface area contributed by atoms with E-state index in [-0.39, 0.29) is 0 Å². The molecule has 0 aromatic carbocycles. The Bertz CT molecular complexity index is 163. The lowest BCUT2D eigenvalue weighted by atomic mass is 10.0. The lowest BCUT2D eigenvalue weighted by molar-refractivity contribution is 0.135. The summed E-state index contributed by atoms with van der Waals surface area (Å²) in [6.07, 6.45) is 5.97. The molecule has 0 atom stereocenters. The monoisotopic (exact) mass is 228 g/mol. The fourth-order valence-electron chi connectivity index (χ4n) is 2.66. The number of likely N-dealkylation sites (tertiary alicyclic amines) is 1. The summed E-state index contributed by atoms with van der Waals surface area (Å²) in [5.41, 5.74) is 0. The zero-order chi connectivity index (χ0) is 11.8. The first-order valence-corrected chi connectivity index (χ1v) is 6.90. The second kappa shape index (κ2) is 8.04. The molecule has 1 rings (SSSR count). The van der Waals surface area contributed by atoms with Crippen LogP contribution in [0.5, 0.6) is 0 Å². The van der Waals surface area contributed by atoms with Gasteiger partial charge in [0.15, 0.2) is 0 Å². The van der Waals surface area contributed by atoms with Crippen LogP contribution in [0.4, 0.5) is 0 Å². The molecule has 2 N–H and O–H groups in total. The SMILES string of the molecule is CCC(CC)N1CCC(NCCCO)CC1. The molecule has 0 spiro atoms. The van der Waals surface area contributed by atoms with E-state index in [9.17, 15) is 0 Å². The van der Waals surface area contributed by atoms with Gasteiger partial charge in [0.1, 0.15) is 0 Å². The Kier molecular flexibility index (Phi) is 7.01. The third-order valence-electron chi connectivity index (χ3n) is 3.76. The third-order valence-corrected chi connectivity index (χ3v) is 3.76. The van der Waals surface area contributed by atoms with Gasteiger partial charge in [0.25, 0.3) is 0 Å². The molecule has 0 radical (unpaired) electrons. The molecule has 1 aliphatic heterocycles. The maximum atomic E-state index is 8.73. The minimum Gasteiger partial charge on any atom is -0.396 e. The summed E-state index contributed by atoms with van der Waals surface area (Å²) in [5.74, 6) is 0. The topological polar surface area (TPSA) is 35.5 Å². The van der Waals surface area contributed by atoms with Crippen molar-refractivity contribution in [2.24, 2.45) is 0 Å². The van der Waals surface area contributed by atoms with E-state index in [1.165, 1.54) is 38.8 Å². The lowest BCUT2D eigenvalue weighted by Gasteiger charge is -2.37. The molecule has 0 saturated carbocycles. The van der Waals surface area contributed by atoms with Crippen molar-refractivity contribution >= 4 is 0 Å². The molecular weight excluding hydrogens is 200 g/mol. The first-order valence-electron chi connectivity index (χ1n) is 6.90. The molecule has 0 aliphatic carbocycles. The highest BCUT2D eigenvalue weighted by molar-refractivity contribution is 4.80. The van der Waals surface area contributed by atoms with Crippen LogP contribution in [0.25, 0.3) is 0 Å². The van der Waals surface area contributed by atoms with Crippen LogP contribution in [0.1, 0.15) is 46.0 Å². The Hall–Kier alpha value is -0.120. The highest BCUT2D eigenvalue weighted by Gasteiger charge is 2.22. The predicted octanol–water partition coefficient (Wildman–Crippen LogP) is 1.61. The van der Waals surface area contributed by atoms with E-state index in [0.29, 0.717) is 12.6 Å². The summed E-state index contributed by atoms with van der Waals surface area (Å²) in [7, 11) is 0. The molecule has 1 aliphatic rings. The van der Waals surface area contributed by atoms with Gasteiger partial charge in [-0.15, -0.1) is 0 Å². The summed E-state index contributed by atoms with van der Waals surface area (Å²) in [5, 5.41) is 12.3. The van der Waals surface area contributed by atoms with Crippen molar-refractivity contribution in [3.8, 4) is 0 Å². The third kappa shape index (κ3) is 4.40. The van der Waals surface area contributed by atoms with Crippen LogP contribution in [-0.2, 0) is 0 Å². The van der Waals surface area contributed by atoms with Crippen molar-refractivity contribution in [1.82, 2.24) is 10.2 Å². The molecule has 16 heavy (non-hydrogen) atoms. The van der Waals surface area contributed by atoms with E-state index in [4.69, 9.17) is 5.11 Å². The van der Waals surface area contributed by atoms with Crippen LogP contribution in [0.3, 0.4) is 0 Å². The van der Waals surface area contributed by atoms with Crippen LogP contribution >= 0.6 is 0 Å². The summed E-state index contributed by atoms with van der Waals surface area (Å²) >= 11 is 0. The van der Waals surface area contributed by atoms with Gasteiger partial charge >= 0.3 is 0 Å². The van der Waals surface area contributed by atoms with Crippen molar-refractivity contribution < 1.29 is 5.11 Å². The maximum Gasteiger partial charge on any atom is 0.0443 e. The normalized spacial score (nSPS) is 19.5. The molecule has 96 valence electrons. The van der Waals surface area contributed by atoms with Crippen LogP contribution in [-0.4, -0.2) is 48.3 Å². The van der Waals surface area contributed by atoms with Gasteiger partial charge in [-0.1, -0.05) is 13.8 Å². The number of hydrogen-bond acceptors (Lipinski definition) is 3. The van der Waals surface area contributed by atoms with Crippen LogP contribution in [0.2, 0.25) is 0 Å². The van der Waals surface area contributed by atoms with Crippen LogP contribution in [0, 0.1) is 0 Å². The van der Waals surface area contributed by atoms with E-state index in [0.717, 1.165) is 19.0 Å². The van der Waals surface area contributed by atoms with Gasteiger partial charge < -0.3 is 15.3 Å². The molecule has 1 heterocycles. The highest BCUT2D eigenvalue weighted by Crippen LogP contribution is 2.16. The second-order valence-electron chi connectivity index (χ2n) is 4.81. The van der Waals surface area contributed by atoms with Gasteiger partial charge in [0.05, 0.1) is 0 Å². The van der Waals surface area contributed by atoms with Crippen molar-refractivity contribution in [2.45, 2.75) is 58.0 Å².